The Balaban J connectivity index is 1.26. The first-order chi connectivity index (χ1) is 20.2. The number of tetrazole rings is 1. The number of rotatable bonds is 11. The second-order valence-corrected chi connectivity index (χ2v) is 11.5. The van der Waals surface area contributed by atoms with Crippen molar-refractivity contribution in [1.82, 2.24) is 40.4 Å². The van der Waals surface area contributed by atoms with Crippen LogP contribution in [0.2, 0.25) is 0 Å². The molecule has 0 radical (unpaired) electrons. The van der Waals surface area contributed by atoms with Gasteiger partial charge in [0.15, 0.2) is 17.5 Å². The van der Waals surface area contributed by atoms with Gasteiger partial charge in [0.25, 0.3) is 17.7 Å². The highest BCUT2D eigenvalue weighted by Gasteiger charge is 2.54. The van der Waals surface area contributed by atoms with Gasteiger partial charge in [0.1, 0.15) is 22.8 Å². The summed E-state index contributed by atoms with van der Waals surface area (Å²) in [7, 11) is 1.66. The van der Waals surface area contributed by atoms with Crippen LogP contribution in [0, 0.1) is 0 Å². The molecule has 5 N–H and O–H groups in total. The van der Waals surface area contributed by atoms with E-state index in [9.17, 15) is 24.3 Å². The van der Waals surface area contributed by atoms with Gasteiger partial charge in [-0.1, -0.05) is 16.9 Å². The van der Waals surface area contributed by atoms with E-state index in [1.807, 2.05) is 0 Å². The number of carbonyl (C=O) groups is 4. The van der Waals surface area contributed by atoms with Crippen LogP contribution >= 0.6 is 34.9 Å². The number of nitrogens with zero attached hydrogens (tertiary/aromatic N) is 8. The van der Waals surface area contributed by atoms with Crippen LogP contribution in [0.1, 0.15) is 5.69 Å². The highest BCUT2D eigenvalue weighted by Crippen LogP contribution is 2.41. The number of oxime groups is 1. The van der Waals surface area contributed by atoms with Crippen LogP contribution in [0.5, 0.6) is 0 Å². The van der Waals surface area contributed by atoms with Crippen molar-refractivity contribution in [2.75, 3.05) is 29.2 Å². The van der Waals surface area contributed by atoms with Crippen molar-refractivity contribution in [3.8, 4) is 0 Å². The molecule has 42 heavy (non-hydrogen) atoms. The van der Waals surface area contributed by atoms with Crippen molar-refractivity contribution < 1.29 is 29.1 Å². The number of amides is 3. The molecular weight excluding hydrogens is 611 g/mol. The average Bonchev–Trinajstić information content (AvgIpc) is 3.59. The van der Waals surface area contributed by atoms with E-state index < -0.39 is 41.7 Å². The lowest BCUT2D eigenvalue weighted by Crippen LogP contribution is -2.71. The number of thiazole rings is 1. The topological polar surface area (TPSA) is 233 Å². The summed E-state index contributed by atoms with van der Waals surface area (Å²) >= 11 is 3.60. The van der Waals surface area contributed by atoms with Gasteiger partial charge in [-0.3, -0.25) is 24.3 Å². The Hall–Kier alpha value is -4.56. The van der Waals surface area contributed by atoms with Crippen molar-refractivity contribution >= 4 is 75.1 Å². The number of carbonyl (C=O) groups excluding carboxylic acids is 3. The van der Waals surface area contributed by atoms with Gasteiger partial charge in [0, 0.05) is 30.1 Å². The molecule has 1 saturated heterocycles. The Bertz CT molecular complexity index is 1590. The van der Waals surface area contributed by atoms with Gasteiger partial charge in [-0.15, -0.1) is 28.2 Å². The number of nitrogens with two attached hydrogens (primary N) is 1. The monoisotopic (exact) mass is 631 g/mol. The van der Waals surface area contributed by atoms with E-state index >= 15 is 0 Å². The molecule has 218 valence electrons. The molecule has 3 aromatic heterocycles. The SMILES string of the molecule is Cn1nnnc1SCC1=C(C(=O)O)N2C(=O)C(NC(=O)C(=NOCC(=O)Nc3cccnc3)c3csc(N)n3)[C@@H]2SC1. The molecule has 5 heterocycles. The number of β-lactam (4-membered cyclic amide) rings is 1. The molecule has 1 unspecified atom stereocenters. The van der Waals surface area contributed by atoms with Crippen molar-refractivity contribution in [2.45, 2.75) is 16.6 Å². The summed E-state index contributed by atoms with van der Waals surface area (Å²) in [5.41, 5.74) is 6.31. The number of nitrogen functional groups attached to an aromatic ring is 1. The van der Waals surface area contributed by atoms with E-state index in [4.69, 9.17) is 10.6 Å². The largest absolute Gasteiger partial charge is 0.477 e. The normalized spacial score (nSPS) is 18.3. The van der Waals surface area contributed by atoms with Crippen LogP contribution < -0.4 is 16.4 Å². The summed E-state index contributed by atoms with van der Waals surface area (Å²) in [6.45, 7) is -0.530. The summed E-state index contributed by atoms with van der Waals surface area (Å²) in [6.07, 6.45) is 3.00. The van der Waals surface area contributed by atoms with Gasteiger partial charge in [0.2, 0.25) is 5.16 Å². The number of hydrogen-bond acceptors (Lipinski definition) is 15. The van der Waals surface area contributed by atoms with Gasteiger partial charge >= 0.3 is 5.97 Å². The van der Waals surface area contributed by atoms with Gasteiger partial charge in [-0.2, -0.15) is 0 Å². The average molecular weight is 632 g/mol. The van der Waals surface area contributed by atoms with Crippen LogP contribution in [-0.4, -0.2) is 99.1 Å². The highest BCUT2D eigenvalue weighted by atomic mass is 32.2. The molecule has 0 aliphatic carbocycles. The standard InChI is InChI=1S/C22H21N11O6S3/c1-32-22(28-30-31-32)42-8-10-7-40-19-15(18(36)33(19)16(10)20(37)38)27-17(35)14(12-9-41-21(23)26-12)29-39-6-13(34)25-11-3-2-4-24-5-11/h2-5,9,15,19H,6-8H2,1H3,(H2,23,26)(H,25,34)(H,27,35)(H,37,38)/t15?,19-/m0/s1. The third-order valence-corrected chi connectivity index (χ3v) is 8.88. The van der Waals surface area contributed by atoms with Crippen molar-refractivity contribution in [3.05, 3.63) is 46.9 Å². The van der Waals surface area contributed by atoms with Gasteiger partial charge in [-0.05, 0) is 28.1 Å². The maximum Gasteiger partial charge on any atom is 0.352 e. The van der Waals surface area contributed by atoms with Gasteiger partial charge < -0.3 is 26.3 Å². The molecule has 0 bridgehead atoms. The number of aliphatic carboxylic acids is 1. The van der Waals surface area contributed by atoms with E-state index in [1.165, 1.54) is 39.8 Å². The number of nitrogens with one attached hydrogen (secondary N) is 2. The number of pyridine rings is 1. The van der Waals surface area contributed by atoms with Crippen molar-refractivity contribution in [1.29, 1.82) is 0 Å². The number of anilines is 2. The molecule has 2 aliphatic heterocycles. The fraction of sp³-hybridized carbons (Fsp3) is 0.273. The van der Waals surface area contributed by atoms with Crippen LogP contribution in [0.15, 0.2) is 51.5 Å². The predicted molar refractivity (Wildman–Crippen MR) is 151 cm³/mol. The lowest BCUT2D eigenvalue weighted by Gasteiger charge is -2.49. The first-order valence-electron chi connectivity index (χ1n) is 11.9. The zero-order chi connectivity index (χ0) is 29.8. The first kappa shape index (κ1) is 29.0. The maximum atomic E-state index is 13.2. The Labute approximate surface area is 249 Å². The molecule has 1 fully saturated rings. The minimum Gasteiger partial charge on any atom is -0.477 e. The van der Waals surface area contributed by atoms with Crippen LogP contribution in [0.3, 0.4) is 0 Å². The number of hydrogen-bond donors (Lipinski definition) is 4. The number of fused-ring (bicyclic) bond motifs is 1. The third kappa shape index (κ3) is 6.19. The molecule has 0 aromatic carbocycles. The Morgan fingerprint density at radius 3 is 2.86 bits per heavy atom. The van der Waals surface area contributed by atoms with Crippen molar-refractivity contribution in [3.63, 3.8) is 0 Å². The van der Waals surface area contributed by atoms with E-state index in [2.05, 4.69) is 41.3 Å². The van der Waals surface area contributed by atoms with Crippen molar-refractivity contribution in [2.24, 2.45) is 12.2 Å². The highest BCUT2D eigenvalue weighted by molar-refractivity contribution is 8.01. The van der Waals surface area contributed by atoms with Crippen LogP contribution in [-0.2, 0) is 31.1 Å². The molecule has 0 spiro atoms. The third-order valence-electron chi connectivity index (χ3n) is 5.77. The maximum absolute atomic E-state index is 13.2. The molecule has 5 rings (SSSR count). The zero-order valence-corrected chi connectivity index (χ0v) is 24.0. The molecule has 3 amide bonds. The number of carboxylic acids is 1. The molecule has 20 heteroatoms. The molecule has 17 nitrogen and oxygen atoms in total. The number of aryl methyl sites for hydroxylation is 1. The molecule has 2 atom stereocenters. The lowest BCUT2D eigenvalue weighted by molar-refractivity contribution is -0.150. The minimum atomic E-state index is -1.26. The van der Waals surface area contributed by atoms with E-state index in [1.54, 1.807) is 25.4 Å². The second kappa shape index (κ2) is 12.5. The summed E-state index contributed by atoms with van der Waals surface area (Å²) < 4.78 is 1.46. The number of carboxylic acid groups (broad SMARTS) is 1. The predicted octanol–water partition coefficient (Wildman–Crippen LogP) is -0.466. The molecular formula is C22H21N11O6S3. The van der Waals surface area contributed by atoms with Crippen LogP contribution in [0.4, 0.5) is 10.8 Å². The lowest BCUT2D eigenvalue weighted by atomic mass is 10.0. The Kier molecular flexibility index (Phi) is 8.64. The summed E-state index contributed by atoms with van der Waals surface area (Å²) in [4.78, 5) is 64.9. The van der Waals surface area contributed by atoms with Gasteiger partial charge in [-0.25, -0.2) is 14.5 Å². The fourth-order valence-corrected chi connectivity index (χ4v) is 6.77. The fourth-order valence-electron chi connectivity index (χ4n) is 3.89. The summed E-state index contributed by atoms with van der Waals surface area (Å²) in [5, 5.41) is 31.5. The van der Waals surface area contributed by atoms with E-state index in [0.29, 0.717) is 22.2 Å². The quantitative estimate of drug-likeness (QED) is 0.0907. The first-order valence-corrected chi connectivity index (χ1v) is 14.8. The molecule has 3 aromatic rings. The Morgan fingerprint density at radius 2 is 2.19 bits per heavy atom. The van der Waals surface area contributed by atoms with E-state index in [0.717, 1.165) is 16.2 Å². The smallest absolute Gasteiger partial charge is 0.352 e. The number of thioether (sulfide) groups is 2. The van der Waals surface area contributed by atoms with E-state index in [-0.39, 0.29) is 28.0 Å². The van der Waals surface area contributed by atoms with Gasteiger partial charge in [0.05, 0.1) is 11.9 Å². The minimum absolute atomic E-state index is 0.0753. The van der Waals surface area contributed by atoms with Crippen LogP contribution in [0.25, 0.3) is 0 Å². The molecule has 2 aliphatic rings. The summed E-state index contributed by atoms with van der Waals surface area (Å²) in [6, 6.07) is 2.24. The molecule has 0 saturated carbocycles. The summed E-state index contributed by atoms with van der Waals surface area (Å²) in [5.74, 6) is -2.67. The number of aromatic nitrogens is 6. The Morgan fingerprint density at radius 1 is 1.36 bits per heavy atom. The second-order valence-electron chi connectivity index (χ2n) is 8.57. The zero-order valence-electron chi connectivity index (χ0n) is 21.5.